The standard InChI is InChI=1S/C14H16FNS/c1-10(2)16-7-12-8-17-9-14(12)11-3-5-13(15)6-4-11/h3-6,8-10,16H,7H2,1-2H3. The van der Waals surface area contributed by atoms with E-state index in [9.17, 15) is 4.39 Å². The van der Waals surface area contributed by atoms with Crippen LogP contribution in [0.5, 0.6) is 0 Å². The fourth-order valence-electron chi connectivity index (χ4n) is 1.66. The Labute approximate surface area is 105 Å². The molecule has 0 radical (unpaired) electrons. The van der Waals surface area contributed by atoms with Crippen LogP contribution in [-0.2, 0) is 6.54 Å². The van der Waals surface area contributed by atoms with Crippen LogP contribution in [0.4, 0.5) is 4.39 Å². The van der Waals surface area contributed by atoms with Crippen LogP contribution < -0.4 is 5.32 Å². The van der Waals surface area contributed by atoms with Crippen molar-refractivity contribution in [2.45, 2.75) is 26.4 Å². The van der Waals surface area contributed by atoms with E-state index in [1.54, 1.807) is 11.3 Å². The van der Waals surface area contributed by atoms with E-state index in [0.29, 0.717) is 6.04 Å². The first-order chi connectivity index (χ1) is 8.16. The van der Waals surface area contributed by atoms with E-state index in [2.05, 4.69) is 29.9 Å². The molecule has 1 heterocycles. The average Bonchev–Trinajstić information content (AvgIpc) is 2.75. The summed E-state index contributed by atoms with van der Waals surface area (Å²) in [5.74, 6) is -0.189. The van der Waals surface area contributed by atoms with Gasteiger partial charge in [0.15, 0.2) is 0 Å². The Morgan fingerprint density at radius 1 is 1.18 bits per heavy atom. The number of hydrogen-bond donors (Lipinski definition) is 1. The lowest BCUT2D eigenvalue weighted by Gasteiger charge is -2.09. The molecule has 17 heavy (non-hydrogen) atoms. The minimum absolute atomic E-state index is 0.189. The Morgan fingerprint density at radius 3 is 2.53 bits per heavy atom. The van der Waals surface area contributed by atoms with Gasteiger partial charge >= 0.3 is 0 Å². The van der Waals surface area contributed by atoms with Crippen LogP contribution in [-0.4, -0.2) is 6.04 Å². The quantitative estimate of drug-likeness (QED) is 0.862. The molecule has 90 valence electrons. The average molecular weight is 249 g/mol. The Bertz CT molecular complexity index is 473. The summed E-state index contributed by atoms with van der Waals surface area (Å²) in [5.41, 5.74) is 3.55. The maximum atomic E-state index is 12.9. The largest absolute Gasteiger partial charge is 0.310 e. The van der Waals surface area contributed by atoms with E-state index in [4.69, 9.17) is 0 Å². The molecule has 1 aromatic heterocycles. The summed E-state index contributed by atoms with van der Waals surface area (Å²) in [7, 11) is 0. The van der Waals surface area contributed by atoms with E-state index in [0.717, 1.165) is 12.1 Å². The molecule has 0 bridgehead atoms. The van der Waals surface area contributed by atoms with Crippen LogP contribution in [0.1, 0.15) is 19.4 Å². The maximum absolute atomic E-state index is 12.9. The highest BCUT2D eigenvalue weighted by atomic mass is 32.1. The van der Waals surface area contributed by atoms with Crippen molar-refractivity contribution in [1.29, 1.82) is 0 Å². The van der Waals surface area contributed by atoms with E-state index >= 15 is 0 Å². The Hall–Kier alpha value is -1.19. The second-order valence-electron chi connectivity index (χ2n) is 4.35. The van der Waals surface area contributed by atoms with Gasteiger partial charge in [0.1, 0.15) is 5.82 Å². The van der Waals surface area contributed by atoms with Crippen molar-refractivity contribution >= 4 is 11.3 Å². The molecule has 0 aliphatic carbocycles. The molecule has 2 aromatic rings. The molecule has 0 saturated heterocycles. The smallest absolute Gasteiger partial charge is 0.123 e. The molecule has 1 nitrogen and oxygen atoms in total. The summed E-state index contributed by atoms with van der Waals surface area (Å²) in [6.07, 6.45) is 0. The lowest BCUT2D eigenvalue weighted by molar-refractivity contribution is 0.590. The van der Waals surface area contributed by atoms with Crippen molar-refractivity contribution in [2.24, 2.45) is 0 Å². The van der Waals surface area contributed by atoms with E-state index < -0.39 is 0 Å². The van der Waals surface area contributed by atoms with Crippen LogP contribution in [0, 0.1) is 5.82 Å². The Morgan fingerprint density at radius 2 is 1.88 bits per heavy atom. The zero-order valence-corrected chi connectivity index (χ0v) is 10.9. The normalized spacial score (nSPS) is 11.1. The first kappa shape index (κ1) is 12.3. The summed E-state index contributed by atoms with van der Waals surface area (Å²) in [6.45, 7) is 5.11. The van der Waals surface area contributed by atoms with Crippen molar-refractivity contribution in [2.75, 3.05) is 0 Å². The minimum atomic E-state index is -0.189. The van der Waals surface area contributed by atoms with Gasteiger partial charge in [-0.25, -0.2) is 4.39 Å². The number of halogens is 1. The lowest BCUT2D eigenvalue weighted by Crippen LogP contribution is -2.21. The van der Waals surface area contributed by atoms with Gasteiger partial charge in [0.25, 0.3) is 0 Å². The molecule has 2 rings (SSSR count). The summed E-state index contributed by atoms with van der Waals surface area (Å²) < 4.78 is 12.9. The molecule has 3 heteroatoms. The SMILES string of the molecule is CC(C)NCc1cscc1-c1ccc(F)cc1. The van der Waals surface area contributed by atoms with E-state index in [-0.39, 0.29) is 5.82 Å². The predicted molar refractivity (Wildman–Crippen MR) is 71.7 cm³/mol. The van der Waals surface area contributed by atoms with Crippen molar-refractivity contribution in [3.8, 4) is 11.1 Å². The van der Waals surface area contributed by atoms with Gasteiger partial charge in [-0.2, -0.15) is 11.3 Å². The first-order valence-electron chi connectivity index (χ1n) is 5.71. The lowest BCUT2D eigenvalue weighted by atomic mass is 10.0. The monoisotopic (exact) mass is 249 g/mol. The molecule has 0 atom stereocenters. The molecule has 0 aliphatic rings. The van der Waals surface area contributed by atoms with Crippen LogP contribution in [0.25, 0.3) is 11.1 Å². The molecule has 0 unspecified atom stereocenters. The maximum Gasteiger partial charge on any atom is 0.123 e. The molecule has 0 saturated carbocycles. The van der Waals surface area contributed by atoms with Crippen molar-refractivity contribution in [1.82, 2.24) is 5.32 Å². The molecule has 1 N–H and O–H groups in total. The van der Waals surface area contributed by atoms with Crippen LogP contribution in [0.15, 0.2) is 35.0 Å². The van der Waals surface area contributed by atoms with Crippen LogP contribution in [0.2, 0.25) is 0 Å². The summed E-state index contributed by atoms with van der Waals surface area (Å²) in [4.78, 5) is 0. The number of hydrogen-bond acceptors (Lipinski definition) is 2. The van der Waals surface area contributed by atoms with Crippen LogP contribution >= 0.6 is 11.3 Å². The molecule has 0 amide bonds. The van der Waals surface area contributed by atoms with Gasteiger partial charge in [-0.15, -0.1) is 0 Å². The van der Waals surface area contributed by atoms with Crippen LogP contribution in [0.3, 0.4) is 0 Å². The van der Waals surface area contributed by atoms with Gasteiger partial charge in [-0.3, -0.25) is 0 Å². The highest BCUT2D eigenvalue weighted by molar-refractivity contribution is 7.08. The molecular formula is C14H16FNS. The summed E-state index contributed by atoms with van der Waals surface area (Å²) in [6, 6.07) is 7.14. The fourth-order valence-corrected chi connectivity index (χ4v) is 2.52. The van der Waals surface area contributed by atoms with Gasteiger partial charge in [0.2, 0.25) is 0 Å². The van der Waals surface area contributed by atoms with Crippen molar-refractivity contribution in [3.05, 3.63) is 46.4 Å². The van der Waals surface area contributed by atoms with Gasteiger partial charge in [-0.05, 0) is 39.6 Å². The number of nitrogens with one attached hydrogen (secondary N) is 1. The first-order valence-corrected chi connectivity index (χ1v) is 6.65. The van der Waals surface area contributed by atoms with Gasteiger partial charge in [0.05, 0.1) is 0 Å². The predicted octanol–water partition coefficient (Wildman–Crippen LogP) is 4.05. The van der Waals surface area contributed by atoms with Gasteiger partial charge in [0, 0.05) is 12.6 Å². The molecule has 0 spiro atoms. The van der Waals surface area contributed by atoms with Gasteiger partial charge in [-0.1, -0.05) is 26.0 Å². The zero-order chi connectivity index (χ0) is 12.3. The minimum Gasteiger partial charge on any atom is -0.310 e. The number of rotatable bonds is 4. The van der Waals surface area contributed by atoms with E-state index in [1.807, 2.05) is 12.1 Å². The number of thiophene rings is 1. The Kier molecular flexibility index (Phi) is 3.92. The van der Waals surface area contributed by atoms with Crippen molar-refractivity contribution in [3.63, 3.8) is 0 Å². The molecule has 0 fully saturated rings. The molecule has 0 aliphatic heterocycles. The summed E-state index contributed by atoms with van der Waals surface area (Å²) in [5, 5.41) is 7.66. The zero-order valence-electron chi connectivity index (χ0n) is 10.0. The highest BCUT2D eigenvalue weighted by Crippen LogP contribution is 2.27. The van der Waals surface area contributed by atoms with E-state index in [1.165, 1.54) is 23.3 Å². The number of benzene rings is 1. The van der Waals surface area contributed by atoms with Crippen molar-refractivity contribution < 1.29 is 4.39 Å². The molecule has 1 aromatic carbocycles. The highest BCUT2D eigenvalue weighted by Gasteiger charge is 2.06. The third-order valence-electron chi connectivity index (χ3n) is 2.60. The third-order valence-corrected chi connectivity index (χ3v) is 3.39. The second-order valence-corrected chi connectivity index (χ2v) is 5.10. The summed E-state index contributed by atoms with van der Waals surface area (Å²) >= 11 is 1.68. The topological polar surface area (TPSA) is 12.0 Å². The van der Waals surface area contributed by atoms with Gasteiger partial charge < -0.3 is 5.32 Å². The Balaban J connectivity index is 2.21. The molecular weight excluding hydrogens is 233 g/mol. The second kappa shape index (κ2) is 5.43. The fraction of sp³-hybridized carbons (Fsp3) is 0.286. The third kappa shape index (κ3) is 3.14.